The minimum absolute atomic E-state index is 0.240. The molecule has 0 spiro atoms. The number of rotatable bonds is 2. The van der Waals surface area contributed by atoms with E-state index in [4.69, 9.17) is 4.52 Å². The zero-order valence-corrected chi connectivity index (χ0v) is 11.0. The Kier molecular flexibility index (Phi) is 3.28. The van der Waals surface area contributed by atoms with Crippen molar-refractivity contribution >= 4 is 27.5 Å². The number of aryl methyl sites for hydroxylation is 2. The summed E-state index contributed by atoms with van der Waals surface area (Å²) in [5, 5.41) is 6.37. The van der Waals surface area contributed by atoms with E-state index in [0.29, 0.717) is 0 Å². The maximum Gasteiger partial charge on any atom is 0.294 e. The number of nitrogens with one attached hydrogen (secondary N) is 1. The molecule has 1 aromatic carbocycles. The molecule has 0 unspecified atom stereocenters. The number of amides is 1. The molecule has 4 nitrogen and oxygen atoms in total. The van der Waals surface area contributed by atoms with E-state index in [1.807, 2.05) is 25.1 Å². The lowest BCUT2D eigenvalue weighted by Gasteiger charge is -2.07. The molecular formula is C12H11BrN2O2. The monoisotopic (exact) mass is 294 g/mol. The van der Waals surface area contributed by atoms with Crippen molar-refractivity contribution in [2.75, 3.05) is 5.32 Å². The minimum atomic E-state index is -0.291. The molecule has 2 rings (SSSR count). The molecule has 1 amide bonds. The van der Waals surface area contributed by atoms with Crippen molar-refractivity contribution < 1.29 is 9.32 Å². The summed E-state index contributed by atoms with van der Waals surface area (Å²) in [6, 6.07) is 5.69. The Balaban J connectivity index is 2.24. The Morgan fingerprint density at radius 1 is 1.35 bits per heavy atom. The zero-order chi connectivity index (χ0) is 12.4. The van der Waals surface area contributed by atoms with Crippen LogP contribution in [0.1, 0.15) is 21.7 Å². The average Bonchev–Trinajstić information content (AvgIpc) is 2.70. The van der Waals surface area contributed by atoms with Crippen LogP contribution in [0.5, 0.6) is 0 Å². The highest BCUT2D eigenvalue weighted by molar-refractivity contribution is 9.10. The van der Waals surface area contributed by atoms with E-state index in [-0.39, 0.29) is 11.7 Å². The minimum Gasteiger partial charge on any atom is -0.351 e. The molecule has 0 bridgehead atoms. The third kappa shape index (κ3) is 2.55. The second-order valence-corrected chi connectivity index (χ2v) is 4.67. The fourth-order valence-electron chi connectivity index (χ4n) is 1.42. The van der Waals surface area contributed by atoms with Crippen LogP contribution >= 0.6 is 15.9 Å². The first kappa shape index (κ1) is 11.9. The van der Waals surface area contributed by atoms with Crippen LogP contribution in [0.15, 0.2) is 33.4 Å². The summed E-state index contributed by atoms with van der Waals surface area (Å²) >= 11 is 3.36. The quantitative estimate of drug-likeness (QED) is 0.924. The number of halogens is 1. The molecule has 0 saturated heterocycles. The Bertz CT molecular complexity index is 563. The first-order chi connectivity index (χ1) is 8.08. The fourth-order valence-corrected chi connectivity index (χ4v) is 1.78. The molecule has 5 heteroatoms. The van der Waals surface area contributed by atoms with E-state index in [1.54, 1.807) is 6.92 Å². The van der Waals surface area contributed by atoms with E-state index in [9.17, 15) is 4.79 Å². The summed E-state index contributed by atoms with van der Waals surface area (Å²) in [4.78, 5) is 11.9. The molecular weight excluding hydrogens is 284 g/mol. The molecule has 17 heavy (non-hydrogen) atoms. The van der Waals surface area contributed by atoms with Crippen LogP contribution in [0, 0.1) is 13.8 Å². The molecule has 0 aliphatic heterocycles. The van der Waals surface area contributed by atoms with Crippen molar-refractivity contribution in [3.05, 3.63) is 45.8 Å². The molecule has 2 aromatic rings. The van der Waals surface area contributed by atoms with Gasteiger partial charge in [0.05, 0.1) is 6.20 Å². The number of hydrogen-bond donors (Lipinski definition) is 1. The van der Waals surface area contributed by atoms with Gasteiger partial charge in [0, 0.05) is 15.7 Å². The van der Waals surface area contributed by atoms with Crippen LogP contribution in [0.2, 0.25) is 0 Å². The van der Waals surface area contributed by atoms with Gasteiger partial charge >= 0.3 is 0 Å². The van der Waals surface area contributed by atoms with Gasteiger partial charge in [0.15, 0.2) is 0 Å². The second-order valence-electron chi connectivity index (χ2n) is 3.75. The molecule has 0 aliphatic rings. The molecule has 1 heterocycles. The Morgan fingerprint density at radius 2 is 2.12 bits per heavy atom. The van der Waals surface area contributed by atoms with Gasteiger partial charge in [-0.25, -0.2) is 0 Å². The summed E-state index contributed by atoms with van der Waals surface area (Å²) in [5.74, 6) is -0.0504. The van der Waals surface area contributed by atoms with Gasteiger partial charge < -0.3 is 9.84 Å². The van der Waals surface area contributed by atoms with Gasteiger partial charge in [-0.15, -0.1) is 0 Å². The third-order valence-electron chi connectivity index (χ3n) is 2.40. The first-order valence-corrected chi connectivity index (χ1v) is 5.86. The van der Waals surface area contributed by atoms with Crippen molar-refractivity contribution in [3.8, 4) is 0 Å². The van der Waals surface area contributed by atoms with E-state index < -0.39 is 0 Å². The number of hydrogen-bond acceptors (Lipinski definition) is 3. The number of carbonyl (C=O) groups is 1. The van der Waals surface area contributed by atoms with Crippen molar-refractivity contribution in [2.45, 2.75) is 13.8 Å². The van der Waals surface area contributed by atoms with Crippen LogP contribution < -0.4 is 5.32 Å². The highest BCUT2D eigenvalue weighted by Gasteiger charge is 2.15. The van der Waals surface area contributed by atoms with Crippen LogP contribution in [-0.2, 0) is 0 Å². The van der Waals surface area contributed by atoms with E-state index in [1.165, 1.54) is 6.20 Å². The van der Waals surface area contributed by atoms with E-state index in [2.05, 4.69) is 26.4 Å². The lowest BCUT2D eigenvalue weighted by Crippen LogP contribution is -2.13. The first-order valence-electron chi connectivity index (χ1n) is 5.06. The molecule has 1 aromatic heterocycles. The lowest BCUT2D eigenvalue weighted by atomic mass is 10.2. The lowest BCUT2D eigenvalue weighted by molar-refractivity contribution is 0.0987. The standard InChI is InChI=1S/C12H11BrN2O2/c1-7-3-4-9(13)5-10(7)15-12(16)11-8(2)6-14-17-11/h3-6H,1-2H3,(H,15,16). The van der Waals surface area contributed by atoms with E-state index in [0.717, 1.165) is 21.3 Å². The number of benzene rings is 1. The van der Waals surface area contributed by atoms with Crippen molar-refractivity contribution in [1.82, 2.24) is 5.16 Å². The summed E-state index contributed by atoms with van der Waals surface area (Å²) in [6.45, 7) is 3.70. The maximum atomic E-state index is 11.9. The summed E-state index contributed by atoms with van der Waals surface area (Å²) in [6.07, 6.45) is 1.52. The van der Waals surface area contributed by atoms with Gasteiger partial charge in [0.2, 0.25) is 5.76 Å². The number of aromatic nitrogens is 1. The summed E-state index contributed by atoms with van der Waals surface area (Å²) < 4.78 is 5.80. The molecule has 0 atom stereocenters. The Morgan fingerprint density at radius 3 is 2.76 bits per heavy atom. The van der Waals surface area contributed by atoms with Gasteiger partial charge in [-0.3, -0.25) is 4.79 Å². The van der Waals surface area contributed by atoms with Gasteiger partial charge in [0.25, 0.3) is 5.91 Å². The third-order valence-corrected chi connectivity index (χ3v) is 2.90. The SMILES string of the molecule is Cc1ccc(Br)cc1NC(=O)c1oncc1C. The molecule has 1 N–H and O–H groups in total. The largest absolute Gasteiger partial charge is 0.351 e. The van der Waals surface area contributed by atoms with Gasteiger partial charge in [-0.05, 0) is 31.5 Å². The van der Waals surface area contributed by atoms with E-state index >= 15 is 0 Å². The van der Waals surface area contributed by atoms with Crippen molar-refractivity contribution in [2.24, 2.45) is 0 Å². The zero-order valence-electron chi connectivity index (χ0n) is 9.45. The number of anilines is 1. The molecule has 0 fully saturated rings. The molecule has 0 saturated carbocycles. The molecule has 88 valence electrons. The second kappa shape index (κ2) is 4.71. The van der Waals surface area contributed by atoms with Crippen LogP contribution in [0.4, 0.5) is 5.69 Å². The van der Waals surface area contributed by atoms with Gasteiger partial charge in [-0.1, -0.05) is 27.2 Å². The predicted molar refractivity (Wildman–Crippen MR) is 68.1 cm³/mol. The van der Waals surface area contributed by atoms with Gasteiger partial charge in [0.1, 0.15) is 0 Å². The highest BCUT2D eigenvalue weighted by Crippen LogP contribution is 2.21. The summed E-state index contributed by atoms with van der Waals surface area (Å²) in [5.41, 5.74) is 2.45. The highest BCUT2D eigenvalue weighted by atomic mass is 79.9. The average molecular weight is 295 g/mol. The van der Waals surface area contributed by atoms with Crippen LogP contribution in [-0.4, -0.2) is 11.1 Å². The number of nitrogens with zero attached hydrogens (tertiary/aromatic N) is 1. The van der Waals surface area contributed by atoms with Gasteiger partial charge in [-0.2, -0.15) is 0 Å². The fraction of sp³-hybridized carbons (Fsp3) is 0.167. The van der Waals surface area contributed by atoms with Crippen molar-refractivity contribution in [1.29, 1.82) is 0 Å². The number of carbonyl (C=O) groups excluding carboxylic acids is 1. The Labute approximate surface area is 107 Å². The summed E-state index contributed by atoms with van der Waals surface area (Å²) in [7, 11) is 0. The van der Waals surface area contributed by atoms with Crippen LogP contribution in [0.3, 0.4) is 0 Å². The Hall–Kier alpha value is -1.62. The normalized spacial score (nSPS) is 10.3. The topological polar surface area (TPSA) is 55.1 Å². The molecule has 0 aliphatic carbocycles. The molecule has 0 radical (unpaired) electrons. The predicted octanol–water partition coefficient (Wildman–Crippen LogP) is 3.31. The maximum absolute atomic E-state index is 11.9. The van der Waals surface area contributed by atoms with Crippen molar-refractivity contribution in [3.63, 3.8) is 0 Å². The smallest absolute Gasteiger partial charge is 0.294 e. The van der Waals surface area contributed by atoms with Crippen LogP contribution in [0.25, 0.3) is 0 Å².